The van der Waals surface area contributed by atoms with Gasteiger partial charge >= 0.3 is 5.97 Å². The van der Waals surface area contributed by atoms with E-state index in [2.05, 4.69) is 5.32 Å². The minimum absolute atomic E-state index is 0.221. The molecular weight excluding hydrogens is 218 g/mol. The molecule has 0 radical (unpaired) electrons. The van der Waals surface area contributed by atoms with Crippen LogP contribution in [0.25, 0.3) is 0 Å². The van der Waals surface area contributed by atoms with Gasteiger partial charge in [0, 0.05) is 18.4 Å². The summed E-state index contributed by atoms with van der Waals surface area (Å²) in [7, 11) is 1.60. The number of carbonyl (C=O) groups is 1. The molecule has 4 heteroatoms. The van der Waals surface area contributed by atoms with Crippen molar-refractivity contribution in [1.82, 2.24) is 5.32 Å². The van der Waals surface area contributed by atoms with E-state index in [1.165, 1.54) is 0 Å². The normalized spacial score (nSPS) is 21.1. The van der Waals surface area contributed by atoms with E-state index in [0.717, 1.165) is 31.5 Å². The van der Waals surface area contributed by atoms with Gasteiger partial charge in [-0.2, -0.15) is 0 Å². The Morgan fingerprint density at radius 1 is 1.35 bits per heavy atom. The molecule has 0 saturated carbocycles. The lowest BCUT2D eigenvalue weighted by atomic mass is 9.84. The highest BCUT2D eigenvalue weighted by Gasteiger charge is 2.46. The van der Waals surface area contributed by atoms with Crippen LogP contribution in [0.2, 0.25) is 0 Å². The SMILES string of the molecule is COc1ccc2c(c1)C(=O)OC21CCNCC1. The lowest BCUT2D eigenvalue weighted by molar-refractivity contribution is -0.0241. The molecule has 1 fully saturated rings. The molecule has 2 heterocycles. The smallest absolute Gasteiger partial charge is 0.339 e. The summed E-state index contributed by atoms with van der Waals surface area (Å²) in [5, 5.41) is 3.29. The van der Waals surface area contributed by atoms with Gasteiger partial charge in [0.2, 0.25) is 0 Å². The number of esters is 1. The monoisotopic (exact) mass is 233 g/mol. The first-order valence-electron chi connectivity index (χ1n) is 5.88. The third-order valence-electron chi connectivity index (χ3n) is 3.64. The molecule has 17 heavy (non-hydrogen) atoms. The first-order chi connectivity index (χ1) is 8.25. The van der Waals surface area contributed by atoms with Gasteiger partial charge in [0.15, 0.2) is 0 Å². The topological polar surface area (TPSA) is 47.6 Å². The molecule has 2 aliphatic rings. The van der Waals surface area contributed by atoms with Gasteiger partial charge in [0.05, 0.1) is 12.7 Å². The number of rotatable bonds is 1. The van der Waals surface area contributed by atoms with Crippen molar-refractivity contribution in [2.24, 2.45) is 0 Å². The van der Waals surface area contributed by atoms with E-state index in [1.54, 1.807) is 13.2 Å². The van der Waals surface area contributed by atoms with E-state index in [1.807, 2.05) is 12.1 Å². The summed E-state index contributed by atoms with van der Waals surface area (Å²) in [6.45, 7) is 1.78. The first-order valence-corrected chi connectivity index (χ1v) is 5.88. The quantitative estimate of drug-likeness (QED) is 0.746. The van der Waals surface area contributed by atoms with E-state index >= 15 is 0 Å². The fraction of sp³-hybridized carbons (Fsp3) is 0.462. The number of methoxy groups -OCH3 is 1. The molecule has 0 amide bonds. The van der Waals surface area contributed by atoms with E-state index in [9.17, 15) is 4.79 Å². The van der Waals surface area contributed by atoms with Gasteiger partial charge in [-0.15, -0.1) is 0 Å². The number of carbonyl (C=O) groups excluding carboxylic acids is 1. The van der Waals surface area contributed by atoms with Crippen LogP contribution < -0.4 is 10.1 Å². The maximum atomic E-state index is 11.9. The summed E-state index contributed by atoms with van der Waals surface area (Å²) in [5.41, 5.74) is 1.28. The molecule has 2 aliphatic heterocycles. The number of ether oxygens (including phenoxy) is 2. The Hall–Kier alpha value is -1.55. The second kappa shape index (κ2) is 3.74. The zero-order chi connectivity index (χ0) is 11.9. The molecule has 90 valence electrons. The van der Waals surface area contributed by atoms with Crippen LogP contribution >= 0.6 is 0 Å². The number of benzene rings is 1. The molecule has 0 aromatic heterocycles. The number of hydrogen-bond donors (Lipinski definition) is 1. The Kier molecular flexibility index (Phi) is 2.33. The Morgan fingerprint density at radius 3 is 2.82 bits per heavy atom. The zero-order valence-electron chi connectivity index (χ0n) is 9.79. The Labute approximate surface area is 99.9 Å². The van der Waals surface area contributed by atoms with Crippen molar-refractivity contribution >= 4 is 5.97 Å². The van der Waals surface area contributed by atoms with Crippen molar-refractivity contribution in [3.8, 4) is 5.75 Å². The molecule has 1 N–H and O–H groups in total. The number of hydrogen-bond acceptors (Lipinski definition) is 4. The highest BCUT2D eigenvalue weighted by Crippen LogP contribution is 2.43. The van der Waals surface area contributed by atoms with Gasteiger partial charge in [0.25, 0.3) is 0 Å². The molecule has 0 atom stereocenters. The minimum atomic E-state index is -0.399. The standard InChI is InChI=1S/C13H15NO3/c1-16-9-2-3-11-10(8-9)12(15)17-13(11)4-6-14-7-5-13/h2-3,8,14H,4-7H2,1H3. The summed E-state index contributed by atoms with van der Waals surface area (Å²) >= 11 is 0. The van der Waals surface area contributed by atoms with Gasteiger partial charge in [-0.25, -0.2) is 4.79 Å². The van der Waals surface area contributed by atoms with E-state index < -0.39 is 5.60 Å². The molecule has 0 unspecified atom stereocenters. The maximum Gasteiger partial charge on any atom is 0.339 e. The molecule has 1 saturated heterocycles. The van der Waals surface area contributed by atoms with Crippen LogP contribution in [0.5, 0.6) is 5.75 Å². The van der Waals surface area contributed by atoms with Crippen molar-refractivity contribution in [3.05, 3.63) is 29.3 Å². The fourth-order valence-electron chi connectivity index (χ4n) is 2.71. The Balaban J connectivity index is 2.07. The molecule has 3 rings (SSSR count). The van der Waals surface area contributed by atoms with Crippen LogP contribution in [0, 0.1) is 0 Å². The van der Waals surface area contributed by atoms with Crippen LogP contribution in [0.3, 0.4) is 0 Å². The van der Waals surface area contributed by atoms with Gasteiger partial charge < -0.3 is 14.8 Å². The van der Waals surface area contributed by atoms with Crippen molar-refractivity contribution in [3.63, 3.8) is 0 Å². The summed E-state index contributed by atoms with van der Waals surface area (Å²) in [6, 6.07) is 5.63. The molecular formula is C13H15NO3. The van der Waals surface area contributed by atoms with Crippen LogP contribution in [0.1, 0.15) is 28.8 Å². The summed E-state index contributed by atoms with van der Waals surface area (Å²) in [4.78, 5) is 11.9. The van der Waals surface area contributed by atoms with E-state index in [-0.39, 0.29) is 5.97 Å². The summed E-state index contributed by atoms with van der Waals surface area (Å²) in [5.74, 6) is 0.479. The van der Waals surface area contributed by atoms with Crippen molar-refractivity contribution in [1.29, 1.82) is 0 Å². The fourth-order valence-corrected chi connectivity index (χ4v) is 2.71. The second-order valence-corrected chi connectivity index (χ2v) is 4.55. The van der Waals surface area contributed by atoms with Crippen molar-refractivity contribution < 1.29 is 14.3 Å². The summed E-state index contributed by atoms with van der Waals surface area (Å²) in [6.07, 6.45) is 1.69. The molecule has 0 bridgehead atoms. The average Bonchev–Trinajstić information content (AvgIpc) is 2.63. The minimum Gasteiger partial charge on any atom is -0.497 e. The third-order valence-corrected chi connectivity index (χ3v) is 3.64. The molecule has 0 aliphatic carbocycles. The maximum absolute atomic E-state index is 11.9. The largest absolute Gasteiger partial charge is 0.497 e. The molecule has 1 aromatic rings. The Morgan fingerprint density at radius 2 is 2.12 bits per heavy atom. The van der Waals surface area contributed by atoms with E-state index in [4.69, 9.17) is 9.47 Å². The molecule has 1 spiro atoms. The van der Waals surface area contributed by atoms with Crippen molar-refractivity contribution in [2.45, 2.75) is 18.4 Å². The lowest BCUT2D eigenvalue weighted by Crippen LogP contribution is -2.39. The zero-order valence-corrected chi connectivity index (χ0v) is 9.79. The predicted molar refractivity (Wildman–Crippen MR) is 62.2 cm³/mol. The van der Waals surface area contributed by atoms with Gasteiger partial charge in [0.1, 0.15) is 11.4 Å². The van der Waals surface area contributed by atoms with Crippen LogP contribution in [-0.2, 0) is 10.3 Å². The van der Waals surface area contributed by atoms with Gasteiger partial charge in [-0.3, -0.25) is 0 Å². The highest BCUT2D eigenvalue weighted by molar-refractivity contribution is 5.95. The summed E-state index contributed by atoms with van der Waals surface area (Å²) < 4.78 is 10.8. The highest BCUT2D eigenvalue weighted by atomic mass is 16.6. The van der Waals surface area contributed by atoms with E-state index in [0.29, 0.717) is 11.3 Å². The van der Waals surface area contributed by atoms with Gasteiger partial charge in [-0.1, -0.05) is 6.07 Å². The number of fused-ring (bicyclic) bond motifs is 2. The second-order valence-electron chi connectivity index (χ2n) is 4.55. The van der Waals surface area contributed by atoms with Crippen LogP contribution in [-0.4, -0.2) is 26.2 Å². The molecule has 4 nitrogen and oxygen atoms in total. The molecule has 1 aromatic carbocycles. The first kappa shape index (κ1) is 10.6. The van der Waals surface area contributed by atoms with Crippen LogP contribution in [0.4, 0.5) is 0 Å². The van der Waals surface area contributed by atoms with Crippen LogP contribution in [0.15, 0.2) is 18.2 Å². The van der Waals surface area contributed by atoms with Crippen molar-refractivity contribution in [2.75, 3.05) is 20.2 Å². The third kappa shape index (κ3) is 1.52. The average molecular weight is 233 g/mol. The lowest BCUT2D eigenvalue weighted by Gasteiger charge is -2.33. The number of piperidine rings is 1. The Bertz CT molecular complexity index is 464. The predicted octanol–water partition coefficient (Wildman–Crippen LogP) is 1.44. The van der Waals surface area contributed by atoms with Gasteiger partial charge in [-0.05, 0) is 25.2 Å². The number of nitrogens with one attached hydrogen (secondary N) is 1.